The molecule has 4 rings (SSSR count). The molecular weight excluding hydrogens is 474 g/mol. The quantitative estimate of drug-likeness (QED) is 0.347. The number of nitrogens with zero attached hydrogens (tertiary/aromatic N) is 2. The van der Waals surface area contributed by atoms with Gasteiger partial charge in [-0.3, -0.25) is 19.3 Å². The highest BCUT2D eigenvalue weighted by Crippen LogP contribution is 2.32. The molecule has 7 nitrogen and oxygen atoms in total. The molecule has 1 N–H and O–H groups in total. The van der Waals surface area contributed by atoms with Crippen molar-refractivity contribution in [2.24, 2.45) is 4.99 Å². The van der Waals surface area contributed by atoms with Gasteiger partial charge in [0.15, 0.2) is 11.0 Å². The highest BCUT2D eigenvalue weighted by Gasteiger charge is 2.34. The van der Waals surface area contributed by atoms with Crippen molar-refractivity contribution in [1.82, 2.24) is 0 Å². The summed E-state index contributed by atoms with van der Waals surface area (Å²) in [6.07, 6.45) is 1.69. The topological polar surface area (TPSA) is 88.1 Å². The molecule has 0 spiro atoms. The number of hydrogen-bond acceptors (Lipinski definition) is 6. The fourth-order valence-corrected chi connectivity index (χ4v) is 4.48. The van der Waals surface area contributed by atoms with Crippen molar-refractivity contribution in [3.63, 3.8) is 0 Å². The number of thioether (sulfide) groups is 1. The van der Waals surface area contributed by atoms with Gasteiger partial charge in [0.2, 0.25) is 5.91 Å². The van der Waals surface area contributed by atoms with E-state index in [1.807, 2.05) is 54.6 Å². The minimum atomic E-state index is -0.555. The van der Waals surface area contributed by atoms with Crippen LogP contribution in [0.2, 0.25) is 0 Å². The first-order valence-corrected chi connectivity index (χ1v) is 12.2. The number of ketones is 1. The maximum Gasteiger partial charge on any atom is 0.283 e. The number of hydrogen-bond donors (Lipinski definition) is 1. The van der Waals surface area contributed by atoms with E-state index in [-0.39, 0.29) is 23.3 Å². The first-order valence-electron chi connectivity index (χ1n) is 11.3. The third kappa shape index (κ3) is 5.55. The van der Waals surface area contributed by atoms with Gasteiger partial charge in [-0.25, -0.2) is 4.99 Å². The van der Waals surface area contributed by atoms with Gasteiger partial charge in [-0.1, -0.05) is 48.2 Å². The van der Waals surface area contributed by atoms with Crippen LogP contribution in [0.5, 0.6) is 5.75 Å². The molecule has 3 aromatic rings. The SMILES string of the molecule is COc1ccccc1/C=C1/N=C(SC(C)C(=O)Nc2ccc(C(C)=O)cc2)N(c2ccccc2)C1=O. The Balaban J connectivity index is 1.59. The summed E-state index contributed by atoms with van der Waals surface area (Å²) in [5.41, 5.74) is 2.79. The first kappa shape index (κ1) is 24.9. The zero-order chi connectivity index (χ0) is 25.7. The van der Waals surface area contributed by atoms with Gasteiger partial charge >= 0.3 is 0 Å². The average molecular weight is 500 g/mol. The predicted octanol–water partition coefficient (Wildman–Crippen LogP) is 5.40. The van der Waals surface area contributed by atoms with Crippen molar-refractivity contribution in [3.8, 4) is 5.75 Å². The molecule has 0 saturated carbocycles. The van der Waals surface area contributed by atoms with E-state index in [2.05, 4.69) is 10.3 Å². The Morgan fingerprint density at radius 1 is 1.00 bits per heavy atom. The zero-order valence-electron chi connectivity index (χ0n) is 20.1. The van der Waals surface area contributed by atoms with Crippen LogP contribution in [0.25, 0.3) is 6.08 Å². The summed E-state index contributed by atoms with van der Waals surface area (Å²) < 4.78 is 5.41. The number of nitrogens with one attached hydrogen (secondary N) is 1. The lowest BCUT2D eigenvalue weighted by Crippen LogP contribution is -2.33. The lowest BCUT2D eigenvalue weighted by molar-refractivity contribution is -0.115. The van der Waals surface area contributed by atoms with Crippen molar-refractivity contribution in [1.29, 1.82) is 0 Å². The van der Waals surface area contributed by atoms with Crippen LogP contribution in [0.3, 0.4) is 0 Å². The molecule has 3 aromatic carbocycles. The number of amides is 2. The van der Waals surface area contributed by atoms with E-state index < -0.39 is 5.25 Å². The number of methoxy groups -OCH3 is 1. The molecule has 0 fully saturated rings. The van der Waals surface area contributed by atoms with Gasteiger partial charge in [-0.15, -0.1) is 0 Å². The summed E-state index contributed by atoms with van der Waals surface area (Å²) in [6.45, 7) is 3.24. The largest absolute Gasteiger partial charge is 0.496 e. The lowest BCUT2D eigenvalue weighted by Gasteiger charge is -2.20. The number of aliphatic imine (C=N–C) groups is 1. The van der Waals surface area contributed by atoms with Gasteiger partial charge in [-0.2, -0.15) is 0 Å². The van der Waals surface area contributed by atoms with E-state index in [1.54, 1.807) is 44.4 Å². The van der Waals surface area contributed by atoms with E-state index in [1.165, 1.54) is 23.6 Å². The van der Waals surface area contributed by atoms with Crippen molar-refractivity contribution in [2.45, 2.75) is 19.1 Å². The van der Waals surface area contributed by atoms with Crippen molar-refractivity contribution in [3.05, 3.63) is 95.7 Å². The second kappa shape index (κ2) is 11.0. The Bertz CT molecular complexity index is 1350. The van der Waals surface area contributed by atoms with E-state index in [9.17, 15) is 14.4 Å². The van der Waals surface area contributed by atoms with Crippen LogP contribution in [0.4, 0.5) is 11.4 Å². The molecule has 0 aromatic heterocycles. The second-order valence-corrected chi connectivity index (χ2v) is 9.33. The van der Waals surface area contributed by atoms with Crippen LogP contribution < -0.4 is 15.0 Å². The van der Waals surface area contributed by atoms with Crippen molar-refractivity contribution in [2.75, 3.05) is 17.3 Å². The van der Waals surface area contributed by atoms with Gasteiger partial charge in [0.05, 0.1) is 18.0 Å². The molecular formula is C28H25N3O4S. The Morgan fingerprint density at radius 3 is 2.33 bits per heavy atom. The smallest absolute Gasteiger partial charge is 0.283 e. The maximum absolute atomic E-state index is 13.4. The number of anilines is 2. The molecule has 182 valence electrons. The Morgan fingerprint density at radius 2 is 1.67 bits per heavy atom. The summed E-state index contributed by atoms with van der Waals surface area (Å²) in [4.78, 5) is 43.9. The molecule has 36 heavy (non-hydrogen) atoms. The lowest BCUT2D eigenvalue weighted by atomic mass is 10.1. The number of rotatable bonds is 7. The summed E-state index contributed by atoms with van der Waals surface area (Å²) >= 11 is 1.19. The minimum Gasteiger partial charge on any atom is -0.496 e. The van der Waals surface area contributed by atoms with Gasteiger partial charge in [-0.05, 0) is 62.4 Å². The third-order valence-electron chi connectivity index (χ3n) is 5.49. The van der Waals surface area contributed by atoms with Crippen LogP contribution in [0.15, 0.2) is 89.6 Å². The summed E-state index contributed by atoms with van der Waals surface area (Å²) in [7, 11) is 1.57. The van der Waals surface area contributed by atoms with Gasteiger partial charge < -0.3 is 10.1 Å². The van der Waals surface area contributed by atoms with E-state index in [0.717, 1.165) is 5.56 Å². The van der Waals surface area contributed by atoms with E-state index >= 15 is 0 Å². The Labute approximate surface area is 213 Å². The van der Waals surface area contributed by atoms with Gasteiger partial charge in [0, 0.05) is 16.8 Å². The van der Waals surface area contributed by atoms with Crippen molar-refractivity contribution < 1.29 is 19.1 Å². The number of ether oxygens (including phenoxy) is 1. The fraction of sp³-hybridized carbons (Fsp3) is 0.143. The summed E-state index contributed by atoms with van der Waals surface area (Å²) in [5.74, 6) is 0.0468. The first-order chi connectivity index (χ1) is 17.4. The van der Waals surface area contributed by atoms with Gasteiger partial charge in [0.25, 0.3) is 5.91 Å². The fourth-order valence-electron chi connectivity index (χ4n) is 3.56. The molecule has 0 radical (unpaired) electrons. The van der Waals surface area contributed by atoms with Crippen LogP contribution >= 0.6 is 11.8 Å². The van der Waals surface area contributed by atoms with E-state index in [0.29, 0.717) is 27.9 Å². The highest BCUT2D eigenvalue weighted by atomic mass is 32.2. The minimum absolute atomic E-state index is 0.0429. The highest BCUT2D eigenvalue weighted by molar-refractivity contribution is 8.15. The normalized spacial score (nSPS) is 15.0. The number of amidine groups is 1. The Kier molecular flexibility index (Phi) is 7.65. The molecule has 8 heteroatoms. The standard InChI is InChI=1S/C28H25N3O4S/c1-18(32)20-13-15-22(16-14-20)29-26(33)19(2)36-28-30-24(17-21-9-7-8-12-25(21)35-3)27(34)31(28)23-10-5-4-6-11-23/h4-17,19H,1-3H3,(H,29,33)/b24-17+. The van der Waals surface area contributed by atoms with Crippen LogP contribution in [0.1, 0.15) is 29.8 Å². The molecule has 1 aliphatic rings. The van der Waals surface area contributed by atoms with E-state index in [4.69, 9.17) is 4.74 Å². The summed E-state index contributed by atoms with van der Waals surface area (Å²) in [5, 5.41) is 2.70. The molecule has 0 saturated heterocycles. The molecule has 2 amide bonds. The number of carbonyl (C=O) groups excluding carboxylic acids is 3. The van der Waals surface area contributed by atoms with Gasteiger partial charge in [0.1, 0.15) is 11.4 Å². The average Bonchev–Trinajstić information content (AvgIpc) is 3.19. The molecule has 1 heterocycles. The molecule has 1 unspecified atom stereocenters. The van der Waals surface area contributed by atoms with Crippen LogP contribution in [-0.4, -0.2) is 35.1 Å². The third-order valence-corrected chi connectivity index (χ3v) is 6.54. The molecule has 1 aliphatic heterocycles. The molecule has 1 atom stereocenters. The number of benzene rings is 3. The molecule has 0 bridgehead atoms. The van der Waals surface area contributed by atoms with Crippen LogP contribution in [-0.2, 0) is 9.59 Å². The maximum atomic E-state index is 13.4. The molecule has 0 aliphatic carbocycles. The Hall–Kier alpha value is -4.17. The zero-order valence-corrected chi connectivity index (χ0v) is 20.9. The number of Topliss-reactive ketones (excluding diaryl/α,β-unsaturated/α-hetero) is 1. The van der Waals surface area contributed by atoms with Crippen LogP contribution in [0, 0.1) is 0 Å². The number of para-hydroxylation sites is 2. The summed E-state index contributed by atoms with van der Waals surface area (Å²) in [6, 6.07) is 23.3. The second-order valence-electron chi connectivity index (χ2n) is 8.02. The number of carbonyl (C=O) groups is 3. The van der Waals surface area contributed by atoms with Crippen molar-refractivity contribution >= 4 is 52.0 Å². The monoisotopic (exact) mass is 499 g/mol. The predicted molar refractivity (Wildman–Crippen MR) is 144 cm³/mol.